The van der Waals surface area contributed by atoms with Gasteiger partial charge in [0.15, 0.2) is 0 Å². The highest BCUT2D eigenvalue weighted by Crippen LogP contribution is 2.15. The predicted molar refractivity (Wildman–Crippen MR) is 59.5 cm³/mol. The minimum absolute atomic E-state index is 0.0552. The van der Waals surface area contributed by atoms with E-state index >= 15 is 0 Å². The van der Waals surface area contributed by atoms with Gasteiger partial charge in [-0.25, -0.2) is 4.79 Å². The molecule has 15 heavy (non-hydrogen) atoms. The highest BCUT2D eigenvalue weighted by Gasteiger charge is 2.27. The first kappa shape index (κ1) is 12.0. The zero-order chi connectivity index (χ0) is 11.6. The van der Waals surface area contributed by atoms with Gasteiger partial charge in [-0.1, -0.05) is 12.2 Å². The number of nitrogens with zero attached hydrogens (tertiary/aromatic N) is 1. The van der Waals surface area contributed by atoms with Crippen molar-refractivity contribution < 1.29 is 9.53 Å². The number of carbonyl (C=O) groups excluding carboxylic acids is 1. The predicted octanol–water partition coefficient (Wildman–Crippen LogP) is 1.51. The summed E-state index contributed by atoms with van der Waals surface area (Å²) in [6, 6.07) is -0.0339. The lowest BCUT2D eigenvalue weighted by Gasteiger charge is -2.34. The molecule has 1 rings (SSSR count). The van der Waals surface area contributed by atoms with Gasteiger partial charge >= 0.3 is 6.09 Å². The third-order valence-corrected chi connectivity index (χ3v) is 2.16. The molecule has 0 radical (unpaired) electrons. The van der Waals surface area contributed by atoms with Crippen LogP contribution in [0.4, 0.5) is 4.79 Å². The topological polar surface area (TPSA) is 55.6 Å². The standard InChI is InChI=1S/C11H20N2O2/c1-8-5-6-9(12)7-13(8)10(14)15-11(2,3)4/h5-6,8-9H,7,12H2,1-4H3. The van der Waals surface area contributed by atoms with E-state index in [2.05, 4.69) is 0 Å². The van der Waals surface area contributed by atoms with Gasteiger partial charge in [-0.2, -0.15) is 0 Å². The quantitative estimate of drug-likeness (QED) is 0.619. The Hall–Kier alpha value is -1.03. The highest BCUT2D eigenvalue weighted by molar-refractivity contribution is 5.69. The van der Waals surface area contributed by atoms with Crippen LogP contribution in [0.5, 0.6) is 0 Å². The maximum atomic E-state index is 11.8. The first-order chi connectivity index (χ1) is 6.79. The van der Waals surface area contributed by atoms with Crippen LogP contribution in [0, 0.1) is 0 Å². The van der Waals surface area contributed by atoms with Gasteiger partial charge in [0.1, 0.15) is 5.60 Å². The first-order valence-electron chi connectivity index (χ1n) is 5.23. The van der Waals surface area contributed by atoms with E-state index in [1.54, 1.807) is 4.90 Å². The third kappa shape index (κ3) is 3.55. The Balaban J connectivity index is 2.64. The highest BCUT2D eigenvalue weighted by atomic mass is 16.6. The summed E-state index contributed by atoms with van der Waals surface area (Å²) in [4.78, 5) is 13.4. The molecule has 0 saturated carbocycles. The van der Waals surface area contributed by atoms with Gasteiger partial charge < -0.3 is 15.4 Å². The van der Waals surface area contributed by atoms with Crippen molar-refractivity contribution in [3.05, 3.63) is 12.2 Å². The van der Waals surface area contributed by atoms with E-state index < -0.39 is 5.60 Å². The fourth-order valence-electron chi connectivity index (χ4n) is 1.42. The monoisotopic (exact) mass is 212 g/mol. The van der Waals surface area contributed by atoms with E-state index in [0.717, 1.165) is 0 Å². The van der Waals surface area contributed by atoms with Crippen LogP contribution in [0.2, 0.25) is 0 Å². The molecular weight excluding hydrogens is 192 g/mol. The largest absolute Gasteiger partial charge is 0.444 e. The average molecular weight is 212 g/mol. The van der Waals surface area contributed by atoms with Crippen molar-refractivity contribution >= 4 is 6.09 Å². The van der Waals surface area contributed by atoms with Crippen molar-refractivity contribution in [2.75, 3.05) is 6.54 Å². The van der Waals surface area contributed by atoms with Crippen molar-refractivity contribution in [2.24, 2.45) is 5.73 Å². The van der Waals surface area contributed by atoms with Crippen molar-refractivity contribution in [1.29, 1.82) is 0 Å². The maximum absolute atomic E-state index is 11.8. The lowest BCUT2D eigenvalue weighted by molar-refractivity contribution is 0.0196. The number of ether oxygens (including phenoxy) is 1. The van der Waals surface area contributed by atoms with E-state index in [0.29, 0.717) is 6.54 Å². The Morgan fingerprint density at radius 1 is 1.47 bits per heavy atom. The molecule has 2 unspecified atom stereocenters. The van der Waals surface area contributed by atoms with Crippen LogP contribution >= 0.6 is 0 Å². The van der Waals surface area contributed by atoms with E-state index in [4.69, 9.17) is 10.5 Å². The van der Waals surface area contributed by atoms with Crippen molar-refractivity contribution in [1.82, 2.24) is 4.90 Å². The molecule has 0 aromatic carbocycles. The van der Waals surface area contributed by atoms with E-state index in [1.807, 2.05) is 39.8 Å². The van der Waals surface area contributed by atoms with Crippen LogP contribution in [-0.4, -0.2) is 35.2 Å². The Bertz CT molecular complexity index is 268. The van der Waals surface area contributed by atoms with Crippen LogP contribution in [0.15, 0.2) is 12.2 Å². The molecule has 4 heteroatoms. The normalized spacial score (nSPS) is 26.6. The molecule has 0 aromatic rings. The van der Waals surface area contributed by atoms with E-state index in [9.17, 15) is 4.79 Å². The van der Waals surface area contributed by atoms with Crippen LogP contribution in [-0.2, 0) is 4.74 Å². The summed E-state index contributed by atoms with van der Waals surface area (Å²) >= 11 is 0. The Kier molecular flexibility index (Phi) is 3.39. The fraction of sp³-hybridized carbons (Fsp3) is 0.727. The zero-order valence-electron chi connectivity index (χ0n) is 9.86. The molecule has 1 heterocycles. The molecule has 0 saturated heterocycles. The van der Waals surface area contributed by atoms with Gasteiger partial charge in [0.2, 0.25) is 0 Å². The lowest BCUT2D eigenvalue weighted by atomic mass is 10.1. The Labute approximate surface area is 91.1 Å². The third-order valence-electron chi connectivity index (χ3n) is 2.16. The molecule has 4 nitrogen and oxygen atoms in total. The smallest absolute Gasteiger partial charge is 0.410 e. The van der Waals surface area contributed by atoms with Crippen LogP contribution in [0.25, 0.3) is 0 Å². The molecule has 1 aliphatic heterocycles. The van der Waals surface area contributed by atoms with Gasteiger partial charge in [-0.05, 0) is 27.7 Å². The zero-order valence-corrected chi connectivity index (χ0v) is 9.86. The minimum Gasteiger partial charge on any atom is -0.444 e. The van der Waals surface area contributed by atoms with E-state index in [1.165, 1.54) is 0 Å². The minimum atomic E-state index is -0.456. The summed E-state index contributed by atoms with van der Waals surface area (Å²) in [5, 5.41) is 0. The van der Waals surface area contributed by atoms with Crippen LogP contribution in [0.1, 0.15) is 27.7 Å². The van der Waals surface area contributed by atoms with E-state index in [-0.39, 0.29) is 18.2 Å². The van der Waals surface area contributed by atoms with Gasteiger partial charge in [0, 0.05) is 12.6 Å². The SMILES string of the molecule is CC1C=CC(N)CN1C(=O)OC(C)(C)C. The number of amides is 1. The second kappa shape index (κ2) is 4.23. The van der Waals surface area contributed by atoms with Crippen LogP contribution in [0.3, 0.4) is 0 Å². The number of hydrogen-bond donors (Lipinski definition) is 1. The van der Waals surface area contributed by atoms with Gasteiger partial charge in [-0.15, -0.1) is 0 Å². The molecule has 1 aliphatic rings. The van der Waals surface area contributed by atoms with Crippen LogP contribution < -0.4 is 5.73 Å². The molecule has 0 aromatic heterocycles. The number of hydrogen-bond acceptors (Lipinski definition) is 3. The second-order valence-electron chi connectivity index (χ2n) is 4.92. The second-order valence-corrected chi connectivity index (χ2v) is 4.92. The van der Waals surface area contributed by atoms with Crippen molar-refractivity contribution in [2.45, 2.75) is 45.4 Å². The molecule has 2 atom stereocenters. The lowest BCUT2D eigenvalue weighted by Crippen LogP contribution is -2.49. The molecule has 2 N–H and O–H groups in total. The number of rotatable bonds is 0. The molecule has 0 bridgehead atoms. The summed E-state index contributed by atoms with van der Waals surface area (Å²) < 4.78 is 5.29. The molecule has 0 fully saturated rings. The summed E-state index contributed by atoms with van der Waals surface area (Å²) in [7, 11) is 0. The summed E-state index contributed by atoms with van der Waals surface area (Å²) in [5.74, 6) is 0. The number of carbonyl (C=O) groups is 1. The van der Waals surface area contributed by atoms with Gasteiger partial charge in [-0.3, -0.25) is 0 Å². The fourth-order valence-corrected chi connectivity index (χ4v) is 1.42. The Morgan fingerprint density at radius 3 is 2.60 bits per heavy atom. The first-order valence-corrected chi connectivity index (χ1v) is 5.23. The van der Waals surface area contributed by atoms with Crippen molar-refractivity contribution in [3.8, 4) is 0 Å². The molecule has 86 valence electrons. The molecular formula is C11H20N2O2. The molecule has 1 amide bonds. The van der Waals surface area contributed by atoms with Crippen molar-refractivity contribution in [3.63, 3.8) is 0 Å². The average Bonchev–Trinajstić information content (AvgIpc) is 2.06. The van der Waals surface area contributed by atoms with Gasteiger partial charge in [0.25, 0.3) is 0 Å². The maximum Gasteiger partial charge on any atom is 0.410 e. The molecule has 0 spiro atoms. The summed E-state index contributed by atoms with van der Waals surface area (Å²) in [5.41, 5.74) is 5.30. The summed E-state index contributed by atoms with van der Waals surface area (Å²) in [6.07, 6.45) is 3.55. The number of nitrogens with two attached hydrogens (primary N) is 1. The summed E-state index contributed by atoms with van der Waals surface area (Å²) in [6.45, 7) is 8.04. The van der Waals surface area contributed by atoms with Gasteiger partial charge in [0.05, 0.1) is 6.04 Å². The molecule has 0 aliphatic carbocycles. The Morgan fingerprint density at radius 2 is 2.07 bits per heavy atom.